The number of thiazole rings is 1. The fourth-order valence-corrected chi connectivity index (χ4v) is 3.53. The Morgan fingerprint density at radius 3 is 2.85 bits per heavy atom. The first kappa shape index (κ1) is 17.4. The van der Waals surface area contributed by atoms with Crippen molar-refractivity contribution in [3.63, 3.8) is 0 Å². The highest BCUT2D eigenvalue weighted by atomic mass is 32.1. The molecule has 1 heterocycles. The van der Waals surface area contributed by atoms with Gasteiger partial charge in [0.05, 0.1) is 34.4 Å². The molecule has 0 N–H and O–H groups in total. The molecule has 0 saturated carbocycles. The molecule has 26 heavy (non-hydrogen) atoms. The normalized spacial score (nSPS) is 11.3. The highest BCUT2D eigenvalue weighted by molar-refractivity contribution is 7.16. The number of fused-ring (bicyclic) bond motifs is 1. The summed E-state index contributed by atoms with van der Waals surface area (Å²) in [6, 6.07) is 11.2. The summed E-state index contributed by atoms with van der Waals surface area (Å²) < 4.78 is 7.49. The molecular weight excluding hydrogens is 354 g/mol. The van der Waals surface area contributed by atoms with Gasteiger partial charge in [-0.25, -0.2) is 0 Å². The van der Waals surface area contributed by atoms with Crippen LogP contribution in [-0.4, -0.2) is 22.5 Å². The molecule has 1 aromatic heterocycles. The molecule has 3 aromatic rings. The largest absolute Gasteiger partial charge is 0.496 e. The summed E-state index contributed by atoms with van der Waals surface area (Å²) >= 11 is 1.17. The van der Waals surface area contributed by atoms with Crippen molar-refractivity contribution in [2.75, 3.05) is 7.11 Å². The number of hydrogen-bond donors (Lipinski definition) is 0. The van der Waals surface area contributed by atoms with Crippen LogP contribution in [0.4, 0.5) is 5.69 Å². The van der Waals surface area contributed by atoms with Gasteiger partial charge in [0.25, 0.3) is 11.6 Å². The van der Waals surface area contributed by atoms with E-state index in [4.69, 9.17) is 11.2 Å². The van der Waals surface area contributed by atoms with Gasteiger partial charge >= 0.3 is 0 Å². The van der Waals surface area contributed by atoms with Crippen molar-refractivity contribution >= 4 is 33.1 Å². The second kappa shape index (κ2) is 7.21. The molecule has 8 heteroatoms. The highest BCUT2D eigenvalue weighted by Gasteiger charge is 2.14. The van der Waals surface area contributed by atoms with E-state index in [1.807, 2.05) is 0 Å². The molecule has 0 unspecified atom stereocenters. The second-order valence-corrected chi connectivity index (χ2v) is 6.21. The highest BCUT2D eigenvalue weighted by Crippen LogP contribution is 2.24. The van der Waals surface area contributed by atoms with Gasteiger partial charge in [-0.05, 0) is 18.2 Å². The van der Waals surface area contributed by atoms with Crippen molar-refractivity contribution < 1.29 is 14.5 Å². The molecule has 0 saturated heterocycles. The summed E-state index contributed by atoms with van der Waals surface area (Å²) in [5.41, 5.74) is 0.977. The second-order valence-electron chi connectivity index (χ2n) is 5.20. The molecule has 0 bridgehead atoms. The van der Waals surface area contributed by atoms with E-state index in [0.717, 1.165) is 0 Å². The van der Waals surface area contributed by atoms with Gasteiger partial charge in [-0.15, -0.1) is 6.42 Å². The number of non-ortho nitro benzene ring substituents is 1. The Bertz CT molecular complexity index is 1120. The molecule has 1 amide bonds. The number of amides is 1. The standard InChI is InChI=1S/C18H13N3O4S/c1-3-10-20-14-9-8-12(21(23)24)11-16(14)26-18(20)19-17(22)13-6-4-5-7-15(13)25-2/h1,4-9,11H,10H2,2H3. The van der Waals surface area contributed by atoms with E-state index in [9.17, 15) is 14.9 Å². The molecule has 7 nitrogen and oxygen atoms in total. The minimum atomic E-state index is -0.478. The molecule has 0 radical (unpaired) electrons. The fraction of sp³-hybridized carbons (Fsp3) is 0.111. The first-order valence-corrected chi connectivity index (χ1v) is 8.30. The van der Waals surface area contributed by atoms with Gasteiger partial charge in [0.15, 0.2) is 4.80 Å². The fourth-order valence-electron chi connectivity index (χ4n) is 2.47. The zero-order chi connectivity index (χ0) is 18.7. The predicted octanol–water partition coefficient (Wildman–Crippen LogP) is 2.99. The van der Waals surface area contributed by atoms with Crippen LogP contribution in [0.25, 0.3) is 10.2 Å². The van der Waals surface area contributed by atoms with Crippen LogP contribution in [0.15, 0.2) is 47.5 Å². The van der Waals surface area contributed by atoms with Gasteiger partial charge in [-0.2, -0.15) is 4.99 Å². The van der Waals surface area contributed by atoms with E-state index >= 15 is 0 Å². The van der Waals surface area contributed by atoms with E-state index in [1.54, 1.807) is 34.9 Å². The van der Waals surface area contributed by atoms with Crippen LogP contribution >= 0.6 is 11.3 Å². The van der Waals surface area contributed by atoms with E-state index in [1.165, 1.54) is 30.6 Å². The van der Waals surface area contributed by atoms with Crippen molar-refractivity contribution in [1.29, 1.82) is 0 Å². The number of benzene rings is 2. The molecule has 0 fully saturated rings. The number of carbonyl (C=O) groups excluding carboxylic acids is 1. The van der Waals surface area contributed by atoms with Crippen LogP contribution in [0.3, 0.4) is 0 Å². The first-order chi connectivity index (χ1) is 12.5. The Hall–Kier alpha value is -3.44. The van der Waals surface area contributed by atoms with Gasteiger partial charge < -0.3 is 9.30 Å². The minimum absolute atomic E-state index is 0.0331. The average Bonchev–Trinajstić information content (AvgIpc) is 2.98. The maximum atomic E-state index is 12.6. The number of nitrogens with zero attached hydrogens (tertiary/aromatic N) is 3. The summed E-state index contributed by atoms with van der Waals surface area (Å²) in [5, 5.41) is 11.0. The quantitative estimate of drug-likeness (QED) is 0.403. The molecule has 2 aromatic carbocycles. The number of terminal acetylenes is 1. The topological polar surface area (TPSA) is 86.7 Å². The lowest BCUT2D eigenvalue weighted by Crippen LogP contribution is -2.16. The number of aromatic nitrogens is 1. The van der Waals surface area contributed by atoms with Crippen LogP contribution in [0.5, 0.6) is 5.75 Å². The number of methoxy groups -OCH3 is 1. The molecule has 0 spiro atoms. The number of ether oxygens (including phenoxy) is 1. The summed E-state index contributed by atoms with van der Waals surface area (Å²) in [6.07, 6.45) is 5.42. The number of nitro benzene ring substituents is 1. The summed E-state index contributed by atoms with van der Waals surface area (Å²) in [7, 11) is 1.48. The van der Waals surface area contributed by atoms with Crippen LogP contribution in [0, 0.1) is 22.5 Å². The van der Waals surface area contributed by atoms with E-state index in [-0.39, 0.29) is 12.2 Å². The van der Waals surface area contributed by atoms with Crippen molar-refractivity contribution in [3.8, 4) is 18.1 Å². The van der Waals surface area contributed by atoms with Crippen LogP contribution < -0.4 is 9.54 Å². The van der Waals surface area contributed by atoms with Gasteiger partial charge in [0, 0.05) is 12.1 Å². The average molecular weight is 367 g/mol. The smallest absolute Gasteiger partial charge is 0.283 e. The molecule has 0 aliphatic carbocycles. The van der Waals surface area contributed by atoms with E-state index in [0.29, 0.717) is 26.3 Å². The van der Waals surface area contributed by atoms with Crippen molar-refractivity contribution in [2.24, 2.45) is 4.99 Å². The lowest BCUT2D eigenvalue weighted by Gasteiger charge is -2.04. The zero-order valence-corrected chi connectivity index (χ0v) is 14.5. The third-order valence-electron chi connectivity index (χ3n) is 3.66. The summed E-state index contributed by atoms with van der Waals surface area (Å²) in [6.45, 7) is 0.190. The predicted molar refractivity (Wildman–Crippen MR) is 98.2 cm³/mol. The Morgan fingerprint density at radius 2 is 2.15 bits per heavy atom. The molecule has 3 rings (SSSR count). The molecule has 130 valence electrons. The number of carbonyl (C=O) groups is 1. The lowest BCUT2D eigenvalue weighted by molar-refractivity contribution is -0.384. The van der Waals surface area contributed by atoms with Crippen molar-refractivity contribution in [2.45, 2.75) is 6.54 Å². The minimum Gasteiger partial charge on any atom is -0.496 e. The van der Waals surface area contributed by atoms with E-state index < -0.39 is 10.8 Å². The SMILES string of the molecule is C#CCn1c(=NC(=O)c2ccccc2OC)sc2cc([N+](=O)[O-])ccc21. The van der Waals surface area contributed by atoms with Gasteiger partial charge in [-0.1, -0.05) is 29.4 Å². The van der Waals surface area contributed by atoms with Gasteiger partial charge in [-0.3, -0.25) is 14.9 Å². The van der Waals surface area contributed by atoms with E-state index in [2.05, 4.69) is 10.9 Å². The molecule has 0 aliphatic rings. The molecule has 0 aliphatic heterocycles. The maximum Gasteiger partial charge on any atom is 0.283 e. The Kier molecular flexibility index (Phi) is 4.82. The van der Waals surface area contributed by atoms with Crippen LogP contribution in [0.1, 0.15) is 10.4 Å². The molecular formula is C18H13N3O4S. The van der Waals surface area contributed by atoms with Crippen LogP contribution in [0.2, 0.25) is 0 Å². The number of para-hydroxylation sites is 1. The van der Waals surface area contributed by atoms with Gasteiger partial charge in [0.2, 0.25) is 0 Å². The van der Waals surface area contributed by atoms with Crippen molar-refractivity contribution in [3.05, 3.63) is 62.9 Å². The Labute approximate surface area is 152 Å². The van der Waals surface area contributed by atoms with Gasteiger partial charge in [0.1, 0.15) is 5.75 Å². The number of hydrogen-bond acceptors (Lipinski definition) is 5. The zero-order valence-electron chi connectivity index (χ0n) is 13.7. The Morgan fingerprint density at radius 1 is 1.38 bits per heavy atom. The van der Waals surface area contributed by atoms with Crippen molar-refractivity contribution in [1.82, 2.24) is 4.57 Å². The third kappa shape index (κ3) is 3.20. The lowest BCUT2D eigenvalue weighted by atomic mass is 10.2. The molecule has 0 atom stereocenters. The van der Waals surface area contributed by atoms with Crippen LogP contribution in [-0.2, 0) is 6.54 Å². The monoisotopic (exact) mass is 367 g/mol. The Balaban J connectivity index is 2.18. The number of nitro groups is 1. The summed E-state index contributed by atoms with van der Waals surface area (Å²) in [5.74, 6) is 2.46. The third-order valence-corrected chi connectivity index (χ3v) is 4.70. The maximum absolute atomic E-state index is 12.6. The number of rotatable bonds is 4. The first-order valence-electron chi connectivity index (χ1n) is 7.48. The summed E-state index contributed by atoms with van der Waals surface area (Å²) in [4.78, 5) is 27.6.